The first-order chi connectivity index (χ1) is 7.86. The lowest BCUT2D eigenvalue weighted by molar-refractivity contribution is 0.266. The second kappa shape index (κ2) is 8.13. The van der Waals surface area contributed by atoms with Crippen LogP contribution in [-0.4, -0.2) is 25.4 Å². The molecule has 0 radical (unpaired) electrons. The normalized spacial score (nSPS) is 10.4. The molecule has 0 saturated carbocycles. The zero-order valence-electron chi connectivity index (χ0n) is 9.91. The van der Waals surface area contributed by atoms with Crippen LogP contribution in [0.15, 0.2) is 24.3 Å². The number of nitrogens with one attached hydrogen (secondary N) is 1. The van der Waals surface area contributed by atoms with E-state index in [4.69, 9.17) is 9.84 Å². The van der Waals surface area contributed by atoms with Gasteiger partial charge in [-0.15, -0.1) is 0 Å². The van der Waals surface area contributed by atoms with Crippen LogP contribution in [0.4, 0.5) is 0 Å². The van der Waals surface area contributed by atoms with Gasteiger partial charge in [0, 0.05) is 13.2 Å². The van der Waals surface area contributed by atoms with Crippen molar-refractivity contribution >= 4 is 0 Å². The Morgan fingerprint density at radius 1 is 1.25 bits per heavy atom. The largest absolute Gasteiger partial charge is 0.494 e. The molecule has 0 atom stereocenters. The van der Waals surface area contributed by atoms with Crippen LogP contribution in [0.1, 0.15) is 24.8 Å². The number of aliphatic hydroxyl groups excluding tert-OH is 1. The molecule has 2 N–H and O–H groups in total. The van der Waals surface area contributed by atoms with Crippen molar-refractivity contribution in [3.8, 4) is 5.75 Å². The summed E-state index contributed by atoms with van der Waals surface area (Å²) in [7, 11) is 1.93. The highest BCUT2D eigenvalue weighted by Gasteiger charge is 1.96. The molecule has 1 aromatic rings. The van der Waals surface area contributed by atoms with Gasteiger partial charge in [-0.1, -0.05) is 12.1 Å². The fourth-order valence-corrected chi connectivity index (χ4v) is 1.53. The molecule has 0 fully saturated rings. The Bertz CT molecular complexity index is 289. The molecule has 3 nitrogen and oxygen atoms in total. The van der Waals surface area contributed by atoms with E-state index in [-0.39, 0.29) is 6.61 Å². The van der Waals surface area contributed by atoms with Gasteiger partial charge in [0.2, 0.25) is 0 Å². The fraction of sp³-hybridized carbons (Fsp3) is 0.538. The van der Waals surface area contributed by atoms with Crippen LogP contribution in [0.3, 0.4) is 0 Å². The van der Waals surface area contributed by atoms with E-state index in [0.717, 1.165) is 38.2 Å². The number of ether oxygens (including phenoxy) is 1. The SMILES string of the molecule is CNCc1cccc(OCCCCCO)c1. The van der Waals surface area contributed by atoms with Gasteiger partial charge in [-0.25, -0.2) is 0 Å². The predicted molar refractivity (Wildman–Crippen MR) is 65.6 cm³/mol. The van der Waals surface area contributed by atoms with Gasteiger partial charge in [-0.05, 0) is 44.0 Å². The number of unbranched alkanes of at least 4 members (excludes halogenated alkanes) is 2. The summed E-state index contributed by atoms with van der Waals surface area (Å²) in [6.07, 6.45) is 2.88. The van der Waals surface area contributed by atoms with Crippen molar-refractivity contribution in [1.29, 1.82) is 0 Å². The van der Waals surface area contributed by atoms with Crippen LogP contribution < -0.4 is 10.1 Å². The smallest absolute Gasteiger partial charge is 0.119 e. The van der Waals surface area contributed by atoms with E-state index in [2.05, 4.69) is 17.4 Å². The van der Waals surface area contributed by atoms with Gasteiger partial charge >= 0.3 is 0 Å². The fourth-order valence-electron chi connectivity index (χ4n) is 1.53. The molecule has 0 heterocycles. The van der Waals surface area contributed by atoms with Gasteiger partial charge in [-0.3, -0.25) is 0 Å². The topological polar surface area (TPSA) is 41.5 Å². The highest BCUT2D eigenvalue weighted by Crippen LogP contribution is 2.13. The zero-order chi connectivity index (χ0) is 11.6. The lowest BCUT2D eigenvalue weighted by Gasteiger charge is -2.07. The second-order valence-corrected chi connectivity index (χ2v) is 3.81. The van der Waals surface area contributed by atoms with Gasteiger partial charge in [0.1, 0.15) is 5.75 Å². The van der Waals surface area contributed by atoms with Gasteiger partial charge in [0.25, 0.3) is 0 Å². The van der Waals surface area contributed by atoms with Gasteiger partial charge < -0.3 is 15.2 Å². The Hall–Kier alpha value is -1.06. The maximum atomic E-state index is 8.63. The van der Waals surface area contributed by atoms with Crippen LogP contribution in [0.2, 0.25) is 0 Å². The minimum absolute atomic E-state index is 0.275. The molecule has 1 aromatic carbocycles. The summed E-state index contributed by atoms with van der Waals surface area (Å²) in [5.74, 6) is 0.928. The summed E-state index contributed by atoms with van der Waals surface area (Å²) in [5.41, 5.74) is 1.23. The highest BCUT2D eigenvalue weighted by atomic mass is 16.5. The van der Waals surface area contributed by atoms with Crippen molar-refractivity contribution in [2.24, 2.45) is 0 Å². The quantitative estimate of drug-likeness (QED) is 0.662. The molecule has 0 aliphatic heterocycles. The monoisotopic (exact) mass is 223 g/mol. The van der Waals surface area contributed by atoms with E-state index >= 15 is 0 Å². The van der Waals surface area contributed by atoms with Crippen molar-refractivity contribution < 1.29 is 9.84 Å². The molecule has 0 amide bonds. The van der Waals surface area contributed by atoms with E-state index in [1.165, 1.54) is 5.56 Å². The number of rotatable bonds is 8. The van der Waals surface area contributed by atoms with Crippen molar-refractivity contribution in [3.63, 3.8) is 0 Å². The van der Waals surface area contributed by atoms with Crippen molar-refractivity contribution in [2.75, 3.05) is 20.3 Å². The first kappa shape index (κ1) is 13.0. The molecule has 0 spiro atoms. The Balaban J connectivity index is 2.27. The third kappa shape index (κ3) is 5.14. The van der Waals surface area contributed by atoms with Crippen molar-refractivity contribution in [1.82, 2.24) is 5.32 Å². The summed E-state index contributed by atoms with van der Waals surface area (Å²) in [6, 6.07) is 8.12. The van der Waals surface area contributed by atoms with Gasteiger partial charge in [0.05, 0.1) is 6.61 Å². The van der Waals surface area contributed by atoms with E-state index in [9.17, 15) is 0 Å². The number of aliphatic hydroxyl groups is 1. The molecule has 90 valence electrons. The maximum absolute atomic E-state index is 8.63. The summed E-state index contributed by atoms with van der Waals surface area (Å²) in [6.45, 7) is 1.86. The molecular weight excluding hydrogens is 202 g/mol. The molecule has 0 saturated heterocycles. The molecule has 0 aliphatic carbocycles. The molecule has 0 unspecified atom stereocenters. The van der Waals surface area contributed by atoms with E-state index in [1.807, 2.05) is 19.2 Å². The summed E-state index contributed by atoms with van der Waals surface area (Å²) in [4.78, 5) is 0. The van der Waals surface area contributed by atoms with E-state index in [1.54, 1.807) is 0 Å². The van der Waals surface area contributed by atoms with Crippen LogP contribution in [0.25, 0.3) is 0 Å². The minimum Gasteiger partial charge on any atom is -0.494 e. The average molecular weight is 223 g/mol. The number of benzene rings is 1. The Kier molecular flexibility index (Phi) is 6.61. The molecule has 0 aliphatic rings. The van der Waals surface area contributed by atoms with Crippen molar-refractivity contribution in [2.45, 2.75) is 25.8 Å². The maximum Gasteiger partial charge on any atom is 0.119 e. The van der Waals surface area contributed by atoms with E-state index in [0.29, 0.717) is 0 Å². The Morgan fingerprint density at radius 3 is 2.88 bits per heavy atom. The Morgan fingerprint density at radius 2 is 2.12 bits per heavy atom. The third-order valence-electron chi connectivity index (χ3n) is 2.35. The van der Waals surface area contributed by atoms with E-state index < -0.39 is 0 Å². The first-order valence-corrected chi connectivity index (χ1v) is 5.84. The van der Waals surface area contributed by atoms with Gasteiger partial charge in [0.15, 0.2) is 0 Å². The number of hydrogen-bond donors (Lipinski definition) is 2. The lowest BCUT2D eigenvalue weighted by atomic mass is 10.2. The van der Waals surface area contributed by atoms with Crippen LogP contribution >= 0.6 is 0 Å². The first-order valence-electron chi connectivity index (χ1n) is 5.84. The second-order valence-electron chi connectivity index (χ2n) is 3.81. The zero-order valence-corrected chi connectivity index (χ0v) is 9.91. The summed E-state index contributed by atoms with van der Waals surface area (Å²) < 4.78 is 5.63. The molecule has 0 aromatic heterocycles. The van der Waals surface area contributed by atoms with Crippen LogP contribution in [-0.2, 0) is 6.54 Å². The van der Waals surface area contributed by atoms with Crippen molar-refractivity contribution in [3.05, 3.63) is 29.8 Å². The molecule has 0 bridgehead atoms. The standard InChI is InChI=1S/C13H21NO2/c1-14-11-12-6-5-7-13(10-12)16-9-4-2-3-8-15/h5-7,10,14-15H,2-4,8-9,11H2,1H3. The average Bonchev–Trinajstić information content (AvgIpc) is 2.30. The van der Waals surface area contributed by atoms with Crippen LogP contribution in [0.5, 0.6) is 5.75 Å². The molecular formula is C13H21NO2. The summed E-state index contributed by atoms with van der Waals surface area (Å²) >= 11 is 0. The minimum atomic E-state index is 0.275. The lowest BCUT2D eigenvalue weighted by Crippen LogP contribution is -2.05. The molecule has 16 heavy (non-hydrogen) atoms. The molecule has 3 heteroatoms. The number of hydrogen-bond acceptors (Lipinski definition) is 3. The van der Waals surface area contributed by atoms with Crippen LogP contribution in [0, 0.1) is 0 Å². The Labute approximate surface area is 97.4 Å². The highest BCUT2D eigenvalue weighted by molar-refractivity contribution is 5.28. The molecule has 1 rings (SSSR count). The van der Waals surface area contributed by atoms with Gasteiger partial charge in [-0.2, -0.15) is 0 Å². The predicted octanol–water partition coefficient (Wildman–Crippen LogP) is 1.95. The summed E-state index contributed by atoms with van der Waals surface area (Å²) in [5, 5.41) is 11.7. The third-order valence-corrected chi connectivity index (χ3v) is 2.35.